The number of imidazole rings is 1. The molecule has 0 aromatic carbocycles. The Morgan fingerprint density at radius 1 is 1.31 bits per heavy atom. The third-order valence-corrected chi connectivity index (χ3v) is 6.77. The van der Waals surface area contributed by atoms with Gasteiger partial charge in [-0.05, 0) is 31.9 Å². The summed E-state index contributed by atoms with van der Waals surface area (Å²) in [5, 5.41) is 7.21. The van der Waals surface area contributed by atoms with Crippen molar-refractivity contribution in [2.45, 2.75) is 33.2 Å². The Bertz CT molecular complexity index is 1330. The zero-order valence-corrected chi connectivity index (χ0v) is 20.9. The average Bonchev–Trinajstić information content (AvgIpc) is 3.61. The molecule has 0 saturated carbocycles. The fourth-order valence-corrected chi connectivity index (χ4v) is 4.91. The number of aryl methyl sites for hydroxylation is 1. The van der Waals surface area contributed by atoms with Crippen molar-refractivity contribution >= 4 is 40.0 Å². The van der Waals surface area contributed by atoms with E-state index in [0.717, 1.165) is 47.8 Å². The molecule has 0 spiro atoms. The number of aromatic amines is 1. The zero-order chi connectivity index (χ0) is 24.9. The number of rotatable bonds is 10. The molecule has 1 aliphatic rings. The number of thiazole rings is 1. The number of nitrogens with zero attached hydrogens (tertiary/aromatic N) is 6. The topological polar surface area (TPSA) is 134 Å². The summed E-state index contributed by atoms with van der Waals surface area (Å²) in [6.45, 7) is 6.10. The molecule has 0 saturated heterocycles. The largest absolute Gasteiger partial charge is 0.462 e. The molecular formula is C24H27N9O2S. The van der Waals surface area contributed by atoms with Crippen molar-refractivity contribution in [2.24, 2.45) is 0 Å². The summed E-state index contributed by atoms with van der Waals surface area (Å²) in [6, 6.07) is 4.00. The molecule has 0 amide bonds. The average molecular weight is 506 g/mol. The Morgan fingerprint density at radius 3 is 3.00 bits per heavy atom. The molecule has 4 aromatic rings. The molecule has 36 heavy (non-hydrogen) atoms. The van der Waals surface area contributed by atoms with E-state index in [4.69, 9.17) is 14.7 Å². The predicted octanol–water partition coefficient (Wildman–Crippen LogP) is 3.50. The highest BCUT2D eigenvalue weighted by Crippen LogP contribution is 2.34. The van der Waals surface area contributed by atoms with Crippen molar-refractivity contribution in [3.05, 3.63) is 64.4 Å². The van der Waals surface area contributed by atoms with E-state index in [1.165, 1.54) is 11.3 Å². The van der Waals surface area contributed by atoms with Gasteiger partial charge in [0.2, 0.25) is 5.95 Å². The fourth-order valence-electron chi connectivity index (χ4n) is 4.05. The maximum atomic E-state index is 12.2. The lowest BCUT2D eigenvalue weighted by atomic mass is 10.2. The number of ether oxygens (including phenoxy) is 1. The minimum atomic E-state index is -0.376. The Morgan fingerprint density at radius 2 is 2.22 bits per heavy atom. The number of anilines is 4. The molecule has 12 heteroatoms. The van der Waals surface area contributed by atoms with Crippen LogP contribution in [0.1, 0.15) is 39.1 Å². The minimum absolute atomic E-state index is 0.312. The molecule has 0 radical (unpaired) electrons. The van der Waals surface area contributed by atoms with Crippen molar-refractivity contribution < 1.29 is 9.53 Å². The highest BCUT2D eigenvalue weighted by molar-refractivity contribution is 7.17. The molecular weight excluding hydrogens is 478 g/mol. The summed E-state index contributed by atoms with van der Waals surface area (Å²) in [4.78, 5) is 40.5. The maximum absolute atomic E-state index is 12.2. The molecule has 4 aromatic heterocycles. The third-order valence-electron chi connectivity index (χ3n) is 5.72. The number of H-pyrrole nitrogens is 1. The zero-order valence-electron chi connectivity index (χ0n) is 20.1. The lowest BCUT2D eigenvalue weighted by Gasteiger charge is -2.19. The second-order valence-corrected chi connectivity index (χ2v) is 9.25. The van der Waals surface area contributed by atoms with Crippen LogP contribution in [0.5, 0.6) is 0 Å². The van der Waals surface area contributed by atoms with Gasteiger partial charge in [-0.2, -0.15) is 9.97 Å². The summed E-state index contributed by atoms with van der Waals surface area (Å²) < 4.78 is 5.14. The first-order valence-electron chi connectivity index (χ1n) is 11.8. The van der Waals surface area contributed by atoms with Gasteiger partial charge in [0, 0.05) is 50.2 Å². The Balaban J connectivity index is 1.41. The predicted molar refractivity (Wildman–Crippen MR) is 138 cm³/mol. The van der Waals surface area contributed by atoms with Crippen LogP contribution in [-0.2, 0) is 24.1 Å². The highest BCUT2D eigenvalue weighted by Gasteiger charge is 2.26. The first-order valence-corrected chi connectivity index (χ1v) is 12.6. The molecule has 186 valence electrons. The lowest BCUT2D eigenvalue weighted by Crippen LogP contribution is -2.21. The monoisotopic (exact) mass is 505 g/mol. The number of fused-ring (bicyclic) bond motifs is 1. The van der Waals surface area contributed by atoms with Crippen LogP contribution in [0.25, 0.3) is 0 Å². The second-order valence-electron chi connectivity index (χ2n) is 8.25. The van der Waals surface area contributed by atoms with Crippen LogP contribution in [0, 0.1) is 6.92 Å². The lowest BCUT2D eigenvalue weighted by molar-refractivity contribution is 0.0531. The molecule has 3 N–H and O–H groups in total. The number of esters is 1. The van der Waals surface area contributed by atoms with Gasteiger partial charge in [-0.1, -0.05) is 17.4 Å². The Kier molecular flexibility index (Phi) is 7.03. The van der Waals surface area contributed by atoms with Gasteiger partial charge in [0.1, 0.15) is 16.5 Å². The normalized spacial score (nSPS) is 12.4. The van der Waals surface area contributed by atoms with E-state index in [2.05, 4.69) is 41.5 Å². The van der Waals surface area contributed by atoms with Gasteiger partial charge < -0.3 is 19.9 Å². The summed E-state index contributed by atoms with van der Waals surface area (Å²) in [5.41, 5.74) is 3.78. The number of aromatic nitrogens is 6. The quantitative estimate of drug-likeness (QED) is 0.275. The summed E-state index contributed by atoms with van der Waals surface area (Å²) in [7, 11) is 0. The number of carbonyl (C=O) groups excluding carboxylic acids is 1. The van der Waals surface area contributed by atoms with E-state index in [1.807, 2.05) is 18.5 Å². The fraction of sp³-hybridized carbons (Fsp3) is 0.333. The molecule has 0 atom stereocenters. The number of carbonyl (C=O) groups is 1. The van der Waals surface area contributed by atoms with E-state index in [0.29, 0.717) is 41.3 Å². The van der Waals surface area contributed by atoms with Gasteiger partial charge in [0.05, 0.1) is 24.3 Å². The van der Waals surface area contributed by atoms with Crippen molar-refractivity contribution in [3.8, 4) is 0 Å². The van der Waals surface area contributed by atoms with Gasteiger partial charge in [-0.3, -0.25) is 10.3 Å². The van der Waals surface area contributed by atoms with Gasteiger partial charge in [-0.25, -0.2) is 14.8 Å². The van der Waals surface area contributed by atoms with E-state index >= 15 is 0 Å². The Labute approximate surface area is 212 Å². The van der Waals surface area contributed by atoms with E-state index in [1.54, 1.807) is 26.4 Å². The third kappa shape index (κ3) is 5.28. The molecule has 11 nitrogen and oxygen atoms in total. The second kappa shape index (κ2) is 10.7. The summed E-state index contributed by atoms with van der Waals surface area (Å²) in [5.74, 6) is 1.69. The summed E-state index contributed by atoms with van der Waals surface area (Å²) in [6.07, 6.45) is 8.81. The highest BCUT2D eigenvalue weighted by atomic mass is 32.1. The van der Waals surface area contributed by atoms with Crippen LogP contribution in [0.3, 0.4) is 0 Å². The molecule has 0 unspecified atom stereocenters. The standard InChI is InChI=1S/C24H27N9O2S/c1-3-35-22(34)19-15(2)29-24(36-19)32-23-30-20(27-9-6-17-12-26-14-28-17)18-7-10-33(21(18)31-23)13-16-5-4-8-25-11-16/h4-5,8,11-12,14H,3,6-7,9-10,13H2,1-2H3,(H,26,28)(H2,27,29,30,31,32). The first kappa shape index (κ1) is 23.7. The van der Waals surface area contributed by atoms with Crippen molar-refractivity contribution in [1.29, 1.82) is 0 Å². The molecule has 5 rings (SSSR count). The molecule has 1 aliphatic heterocycles. The van der Waals surface area contributed by atoms with Crippen molar-refractivity contribution in [3.63, 3.8) is 0 Å². The molecule has 0 bridgehead atoms. The van der Waals surface area contributed by atoms with Gasteiger partial charge in [0.25, 0.3) is 0 Å². The molecule has 0 fully saturated rings. The van der Waals surface area contributed by atoms with Crippen LogP contribution in [0.4, 0.5) is 22.7 Å². The van der Waals surface area contributed by atoms with E-state index < -0.39 is 0 Å². The van der Waals surface area contributed by atoms with E-state index in [-0.39, 0.29) is 5.97 Å². The van der Waals surface area contributed by atoms with Gasteiger partial charge in [0.15, 0.2) is 5.13 Å². The maximum Gasteiger partial charge on any atom is 0.350 e. The number of hydrogen-bond donors (Lipinski definition) is 3. The van der Waals surface area contributed by atoms with Crippen LogP contribution >= 0.6 is 11.3 Å². The summed E-state index contributed by atoms with van der Waals surface area (Å²) >= 11 is 1.23. The van der Waals surface area contributed by atoms with Crippen LogP contribution < -0.4 is 15.5 Å². The smallest absolute Gasteiger partial charge is 0.350 e. The Hall–Kier alpha value is -4.06. The SMILES string of the molecule is CCOC(=O)c1sc(Nc2nc(NCCc3c[nH]cn3)c3c(n2)N(Cc2cccnc2)CC3)nc1C. The number of hydrogen-bond acceptors (Lipinski definition) is 11. The van der Waals surface area contributed by atoms with Crippen LogP contribution in [-0.4, -0.2) is 55.6 Å². The first-order chi connectivity index (χ1) is 17.6. The molecule has 0 aliphatic carbocycles. The minimum Gasteiger partial charge on any atom is -0.462 e. The van der Waals surface area contributed by atoms with Crippen LogP contribution in [0.2, 0.25) is 0 Å². The number of pyridine rings is 1. The van der Waals surface area contributed by atoms with Gasteiger partial charge in [-0.15, -0.1) is 0 Å². The molecule has 5 heterocycles. The van der Waals surface area contributed by atoms with Crippen molar-refractivity contribution in [1.82, 2.24) is 29.9 Å². The van der Waals surface area contributed by atoms with Crippen LogP contribution in [0.15, 0.2) is 37.1 Å². The van der Waals surface area contributed by atoms with E-state index in [9.17, 15) is 4.79 Å². The van der Waals surface area contributed by atoms with Crippen molar-refractivity contribution in [2.75, 3.05) is 35.2 Å². The van der Waals surface area contributed by atoms with Gasteiger partial charge >= 0.3 is 5.97 Å². The number of nitrogens with one attached hydrogen (secondary N) is 3.